The highest BCUT2D eigenvalue weighted by Gasteiger charge is 2.00. The van der Waals surface area contributed by atoms with Crippen LogP contribution < -0.4 is 10.6 Å². The lowest BCUT2D eigenvalue weighted by molar-refractivity contribution is -0.115. The van der Waals surface area contributed by atoms with Crippen molar-refractivity contribution in [2.45, 2.75) is 13.5 Å². The van der Waals surface area contributed by atoms with Crippen LogP contribution in [0.1, 0.15) is 16.7 Å². The molecule has 0 fully saturated rings. The van der Waals surface area contributed by atoms with Crippen molar-refractivity contribution >= 4 is 29.3 Å². The molecule has 0 atom stereocenters. The van der Waals surface area contributed by atoms with E-state index >= 15 is 0 Å². The monoisotopic (exact) mass is 310 g/mol. The minimum Gasteiger partial charge on any atom is -0.358 e. The van der Waals surface area contributed by atoms with E-state index in [4.69, 9.17) is 12.2 Å². The Morgan fingerprint density at radius 3 is 2.45 bits per heavy atom. The van der Waals surface area contributed by atoms with Crippen LogP contribution in [0, 0.1) is 6.92 Å². The Hall–Kier alpha value is -2.46. The highest BCUT2D eigenvalue weighted by molar-refractivity contribution is 7.80. The maximum absolute atomic E-state index is 11.8. The Kier molecular flexibility index (Phi) is 5.86. The van der Waals surface area contributed by atoms with Crippen LogP contribution in [0.25, 0.3) is 6.08 Å². The zero-order valence-electron chi connectivity index (χ0n) is 12.4. The van der Waals surface area contributed by atoms with Gasteiger partial charge in [-0.15, -0.1) is 0 Å². The Labute approximate surface area is 136 Å². The van der Waals surface area contributed by atoms with Crippen LogP contribution in [0.3, 0.4) is 0 Å². The SMILES string of the molecule is Cc1ccc(/C=C/C(=O)NC(=S)NCc2ccccc2)cc1. The van der Waals surface area contributed by atoms with Gasteiger partial charge in [0, 0.05) is 12.6 Å². The molecule has 2 rings (SSSR count). The molecule has 2 N–H and O–H groups in total. The Morgan fingerprint density at radius 1 is 1.09 bits per heavy atom. The maximum atomic E-state index is 11.8. The van der Waals surface area contributed by atoms with Crippen LogP contribution in [0.2, 0.25) is 0 Å². The standard InChI is InChI=1S/C18H18N2OS/c1-14-7-9-15(10-8-14)11-12-17(21)20-18(22)19-13-16-5-3-2-4-6-16/h2-12H,13H2,1H3,(H2,19,20,21,22)/b12-11+. The molecule has 1 amide bonds. The molecule has 0 saturated carbocycles. The predicted molar refractivity (Wildman–Crippen MR) is 94.2 cm³/mol. The van der Waals surface area contributed by atoms with E-state index in [0.717, 1.165) is 11.1 Å². The fraction of sp³-hybridized carbons (Fsp3) is 0.111. The summed E-state index contributed by atoms with van der Waals surface area (Å²) in [5.74, 6) is -0.244. The van der Waals surface area contributed by atoms with Crippen molar-refractivity contribution in [3.63, 3.8) is 0 Å². The zero-order valence-corrected chi connectivity index (χ0v) is 13.2. The highest BCUT2D eigenvalue weighted by Crippen LogP contribution is 2.04. The first-order valence-corrected chi connectivity index (χ1v) is 7.42. The predicted octanol–water partition coefficient (Wildman–Crippen LogP) is 3.20. The van der Waals surface area contributed by atoms with E-state index in [1.807, 2.05) is 61.5 Å². The number of aryl methyl sites for hydroxylation is 1. The van der Waals surface area contributed by atoms with Crippen molar-refractivity contribution in [2.24, 2.45) is 0 Å². The number of hydrogen-bond acceptors (Lipinski definition) is 2. The summed E-state index contributed by atoms with van der Waals surface area (Å²) in [6, 6.07) is 17.8. The van der Waals surface area contributed by atoms with Gasteiger partial charge in [-0.25, -0.2) is 0 Å². The van der Waals surface area contributed by atoms with Gasteiger partial charge >= 0.3 is 0 Å². The van der Waals surface area contributed by atoms with Gasteiger partial charge in [-0.2, -0.15) is 0 Å². The average Bonchev–Trinajstić information content (AvgIpc) is 2.53. The Bertz CT molecular complexity index is 663. The van der Waals surface area contributed by atoms with Crippen LogP contribution in [0.5, 0.6) is 0 Å². The summed E-state index contributed by atoms with van der Waals surface area (Å²) in [6.07, 6.45) is 3.23. The third-order valence-corrected chi connectivity index (χ3v) is 3.28. The van der Waals surface area contributed by atoms with E-state index in [1.165, 1.54) is 11.6 Å². The topological polar surface area (TPSA) is 41.1 Å². The van der Waals surface area contributed by atoms with Crippen molar-refractivity contribution in [1.29, 1.82) is 0 Å². The fourth-order valence-electron chi connectivity index (χ4n) is 1.83. The molecule has 3 nitrogen and oxygen atoms in total. The molecule has 0 aliphatic carbocycles. The van der Waals surface area contributed by atoms with Crippen LogP contribution in [0.4, 0.5) is 0 Å². The summed E-state index contributed by atoms with van der Waals surface area (Å²) in [4.78, 5) is 11.8. The first kappa shape index (κ1) is 15.9. The summed E-state index contributed by atoms with van der Waals surface area (Å²) < 4.78 is 0. The lowest BCUT2D eigenvalue weighted by atomic mass is 10.1. The quantitative estimate of drug-likeness (QED) is 0.673. The van der Waals surface area contributed by atoms with Crippen LogP contribution >= 0.6 is 12.2 Å². The molecule has 2 aromatic carbocycles. The van der Waals surface area contributed by atoms with Gasteiger partial charge in [-0.1, -0.05) is 60.2 Å². The molecule has 4 heteroatoms. The summed E-state index contributed by atoms with van der Waals surface area (Å²) >= 11 is 5.10. The molecule has 0 saturated heterocycles. The molecular weight excluding hydrogens is 292 g/mol. The number of amides is 1. The van der Waals surface area contributed by atoms with Crippen LogP contribution in [0.15, 0.2) is 60.7 Å². The lowest BCUT2D eigenvalue weighted by Gasteiger charge is -2.07. The number of nitrogens with one attached hydrogen (secondary N) is 2. The molecule has 112 valence electrons. The van der Waals surface area contributed by atoms with Crippen molar-refractivity contribution in [2.75, 3.05) is 0 Å². The van der Waals surface area contributed by atoms with E-state index in [9.17, 15) is 4.79 Å². The number of rotatable bonds is 4. The molecule has 0 unspecified atom stereocenters. The van der Waals surface area contributed by atoms with Gasteiger partial charge in [0.15, 0.2) is 5.11 Å². The number of benzene rings is 2. The first-order chi connectivity index (χ1) is 10.6. The first-order valence-electron chi connectivity index (χ1n) is 7.01. The highest BCUT2D eigenvalue weighted by atomic mass is 32.1. The van der Waals surface area contributed by atoms with Crippen LogP contribution in [-0.2, 0) is 11.3 Å². The second-order valence-corrected chi connectivity index (χ2v) is 5.31. The second-order valence-electron chi connectivity index (χ2n) is 4.90. The largest absolute Gasteiger partial charge is 0.358 e. The molecule has 0 heterocycles. The lowest BCUT2D eigenvalue weighted by Crippen LogP contribution is -2.37. The minimum atomic E-state index is -0.244. The van der Waals surface area contributed by atoms with Gasteiger partial charge in [0.05, 0.1) is 0 Å². The molecule has 0 aliphatic heterocycles. The Morgan fingerprint density at radius 2 is 1.77 bits per heavy atom. The molecule has 0 bridgehead atoms. The molecule has 0 aromatic heterocycles. The normalized spacial score (nSPS) is 10.4. The third kappa shape index (κ3) is 5.50. The third-order valence-electron chi connectivity index (χ3n) is 3.04. The van der Waals surface area contributed by atoms with Gasteiger partial charge in [0.25, 0.3) is 0 Å². The molecule has 0 aliphatic rings. The van der Waals surface area contributed by atoms with Gasteiger partial charge in [0.2, 0.25) is 5.91 Å². The van der Waals surface area contributed by atoms with Gasteiger partial charge in [-0.3, -0.25) is 10.1 Å². The second kappa shape index (κ2) is 8.10. The molecular formula is C18H18N2OS. The average molecular weight is 310 g/mol. The number of carbonyl (C=O) groups is 1. The van der Waals surface area contributed by atoms with Gasteiger partial charge < -0.3 is 5.32 Å². The van der Waals surface area contributed by atoms with Crippen molar-refractivity contribution in [3.8, 4) is 0 Å². The zero-order chi connectivity index (χ0) is 15.8. The number of hydrogen-bond donors (Lipinski definition) is 2. The number of carbonyl (C=O) groups excluding carboxylic acids is 1. The molecule has 0 radical (unpaired) electrons. The van der Waals surface area contributed by atoms with Crippen LogP contribution in [-0.4, -0.2) is 11.0 Å². The van der Waals surface area contributed by atoms with Gasteiger partial charge in [-0.05, 0) is 36.3 Å². The van der Waals surface area contributed by atoms with Crippen molar-refractivity contribution in [1.82, 2.24) is 10.6 Å². The summed E-state index contributed by atoms with van der Waals surface area (Å²) in [5.41, 5.74) is 3.27. The molecule has 2 aromatic rings. The van der Waals surface area contributed by atoms with E-state index in [-0.39, 0.29) is 5.91 Å². The van der Waals surface area contributed by atoms with Crippen molar-refractivity contribution < 1.29 is 4.79 Å². The Balaban J connectivity index is 1.78. The van der Waals surface area contributed by atoms with Gasteiger partial charge in [0.1, 0.15) is 0 Å². The summed E-state index contributed by atoms with van der Waals surface area (Å²) in [6.45, 7) is 2.61. The van der Waals surface area contributed by atoms with E-state index in [0.29, 0.717) is 11.7 Å². The van der Waals surface area contributed by atoms with E-state index < -0.39 is 0 Å². The molecule has 0 spiro atoms. The number of thiocarbonyl (C=S) groups is 1. The smallest absolute Gasteiger partial charge is 0.250 e. The summed E-state index contributed by atoms with van der Waals surface area (Å²) in [5, 5.41) is 5.95. The maximum Gasteiger partial charge on any atom is 0.250 e. The van der Waals surface area contributed by atoms with Crippen molar-refractivity contribution in [3.05, 3.63) is 77.4 Å². The fourth-order valence-corrected chi connectivity index (χ4v) is 2.00. The van der Waals surface area contributed by atoms with E-state index in [2.05, 4.69) is 10.6 Å². The van der Waals surface area contributed by atoms with E-state index in [1.54, 1.807) is 6.08 Å². The minimum absolute atomic E-state index is 0.244. The summed E-state index contributed by atoms with van der Waals surface area (Å²) in [7, 11) is 0. The molecule has 22 heavy (non-hydrogen) atoms.